The second-order valence-corrected chi connectivity index (χ2v) is 15.5. The number of benzene rings is 1. The van der Waals surface area contributed by atoms with Crippen molar-refractivity contribution < 1.29 is 33.9 Å². The Morgan fingerprint density at radius 3 is 1.89 bits per heavy atom. The number of carbonyl (C=O) groups is 6. The number of para-hydroxylation sites is 1. The average Bonchev–Trinajstić information content (AvgIpc) is 3.54. The molecule has 1 aromatic carbocycles. The van der Waals surface area contributed by atoms with Crippen LogP contribution in [0.3, 0.4) is 0 Å². The third kappa shape index (κ3) is 14.5. The number of H-pyrrole nitrogens is 1. The molecule has 13 N–H and O–H groups in total. The van der Waals surface area contributed by atoms with Crippen molar-refractivity contribution in [2.24, 2.45) is 45.9 Å². The third-order valence-electron chi connectivity index (χ3n) is 9.69. The van der Waals surface area contributed by atoms with Crippen molar-refractivity contribution in [1.29, 1.82) is 0 Å². The summed E-state index contributed by atoms with van der Waals surface area (Å²) in [5.41, 5.74) is 18.3. The number of hydrogen-bond acceptors (Lipinski definition) is 8. The number of rotatable bonds is 23. The molecular formula is C39H64N10O7. The lowest BCUT2D eigenvalue weighted by Crippen LogP contribution is -2.61. The topological polar surface area (TPSA) is 289 Å². The Bertz CT molecular complexity index is 1670. The van der Waals surface area contributed by atoms with E-state index in [1.54, 1.807) is 33.9 Å². The molecule has 7 atom stereocenters. The molecule has 17 heteroatoms. The van der Waals surface area contributed by atoms with Crippen molar-refractivity contribution in [2.75, 3.05) is 6.54 Å². The van der Waals surface area contributed by atoms with Crippen molar-refractivity contribution in [1.82, 2.24) is 31.6 Å². The maximum absolute atomic E-state index is 14.3. The number of aliphatic imine (C=N–C) groups is 1. The van der Waals surface area contributed by atoms with Gasteiger partial charge < -0.3 is 53.9 Å². The fourth-order valence-electron chi connectivity index (χ4n) is 6.03. The van der Waals surface area contributed by atoms with Crippen LogP contribution < -0.4 is 43.8 Å². The van der Waals surface area contributed by atoms with Gasteiger partial charge in [0.15, 0.2) is 5.96 Å². The molecule has 56 heavy (non-hydrogen) atoms. The van der Waals surface area contributed by atoms with Crippen molar-refractivity contribution >= 4 is 52.4 Å². The van der Waals surface area contributed by atoms with E-state index in [1.165, 1.54) is 0 Å². The molecule has 0 bridgehead atoms. The monoisotopic (exact) mass is 784 g/mol. The molecule has 0 radical (unpaired) electrons. The number of aromatic amines is 1. The molecule has 2 rings (SSSR count). The lowest BCUT2D eigenvalue weighted by molar-refractivity contribution is -0.142. The van der Waals surface area contributed by atoms with Crippen molar-refractivity contribution in [3.8, 4) is 0 Å². The summed E-state index contributed by atoms with van der Waals surface area (Å²) >= 11 is 0. The third-order valence-corrected chi connectivity index (χ3v) is 9.69. The Morgan fingerprint density at radius 2 is 1.32 bits per heavy atom. The molecule has 0 saturated carbocycles. The van der Waals surface area contributed by atoms with E-state index >= 15 is 0 Å². The summed E-state index contributed by atoms with van der Waals surface area (Å²) in [7, 11) is 0. The highest BCUT2D eigenvalue weighted by atomic mass is 16.4. The number of aromatic nitrogens is 1. The van der Waals surface area contributed by atoms with Gasteiger partial charge in [0.05, 0.1) is 6.04 Å². The number of guanidine groups is 1. The summed E-state index contributed by atoms with van der Waals surface area (Å²) in [6.07, 6.45) is 2.84. The molecule has 0 saturated heterocycles. The minimum atomic E-state index is -1.26. The Balaban J connectivity index is 2.40. The van der Waals surface area contributed by atoms with Crippen LogP contribution in [0.1, 0.15) is 86.6 Å². The first-order chi connectivity index (χ1) is 26.3. The second-order valence-electron chi connectivity index (χ2n) is 15.5. The van der Waals surface area contributed by atoms with Crippen LogP contribution in [0.2, 0.25) is 0 Å². The summed E-state index contributed by atoms with van der Waals surface area (Å²) < 4.78 is 0. The van der Waals surface area contributed by atoms with Crippen molar-refractivity contribution in [3.63, 3.8) is 0 Å². The maximum Gasteiger partial charge on any atom is 0.326 e. The van der Waals surface area contributed by atoms with Crippen molar-refractivity contribution in [2.45, 2.75) is 124 Å². The van der Waals surface area contributed by atoms with Crippen LogP contribution in [0.15, 0.2) is 35.5 Å². The maximum atomic E-state index is 14.3. The van der Waals surface area contributed by atoms with Gasteiger partial charge >= 0.3 is 5.97 Å². The van der Waals surface area contributed by atoms with Crippen LogP contribution in [0.25, 0.3) is 10.9 Å². The fourth-order valence-corrected chi connectivity index (χ4v) is 6.03. The molecule has 1 aromatic heterocycles. The van der Waals surface area contributed by atoms with Crippen LogP contribution in [0, 0.1) is 23.7 Å². The normalized spacial score (nSPS) is 15.2. The van der Waals surface area contributed by atoms with Crippen molar-refractivity contribution in [3.05, 3.63) is 36.0 Å². The first kappa shape index (κ1) is 47.0. The predicted molar refractivity (Wildman–Crippen MR) is 216 cm³/mol. The standard InChI is InChI=1S/C39H64N10O7/c1-9-23(8)32(49-35(52)30(40)21(4)5)37(54)47-29(18-24-19-44-26-14-11-10-13-25(24)26)33(50)46-28(17-20(2)3)34(51)48-31(22(6)7)36(53)45-27(38(55)56)15-12-16-43-39(41)42/h10-11,13-14,19-23,27-32,44H,9,12,15-18,40H2,1-8H3,(H,45,53)(H,46,50)(H,47,54)(H,48,51)(H,49,52)(H,55,56)(H4,41,42,43). The Morgan fingerprint density at radius 1 is 0.750 bits per heavy atom. The number of nitrogens with two attached hydrogens (primary N) is 3. The molecule has 0 aliphatic heterocycles. The largest absolute Gasteiger partial charge is 0.480 e. The minimum absolute atomic E-state index is 0.0400. The number of hydrogen-bond donors (Lipinski definition) is 10. The van der Waals surface area contributed by atoms with E-state index in [0.29, 0.717) is 6.42 Å². The van der Waals surface area contributed by atoms with Gasteiger partial charge in [0.25, 0.3) is 0 Å². The molecule has 0 spiro atoms. The number of carboxylic acids is 1. The summed E-state index contributed by atoms with van der Waals surface area (Å²) in [6.45, 7) is 14.6. The zero-order valence-electron chi connectivity index (χ0n) is 34.0. The lowest BCUT2D eigenvalue weighted by Gasteiger charge is -2.30. The van der Waals surface area contributed by atoms with E-state index in [1.807, 2.05) is 52.0 Å². The summed E-state index contributed by atoms with van der Waals surface area (Å²) in [4.78, 5) is 87.6. The number of nitrogens with zero attached hydrogens (tertiary/aromatic N) is 1. The zero-order chi connectivity index (χ0) is 42.3. The van der Waals surface area contributed by atoms with Gasteiger partial charge in [0.1, 0.15) is 30.2 Å². The molecule has 5 amide bonds. The highest BCUT2D eigenvalue weighted by molar-refractivity contribution is 5.97. The minimum Gasteiger partial charge on any atom is -0.480 e. The molecule has 7 unspecified atom stereocenters. The number of fused-ring (bicyclic) bond motifs is 1. The van der Waals surface area contributed by atoms with Crippen LogP contribution in [0.5, 0.6) is 0 Å². The molecule has 0 aliphatic rings. The first-order valence-electron chi connectivity index (χ1n) is 19.4. The van der Waals surface area contributed by atoms with E-state index in [-0.39, 0.29) is 55.9 Å². The van der Waals surface area contributed by atoms with Crippen LogP contribution >= 0.6 is 0 Å². The molecule has 2 aromatic rings. The van der Waals surface area contributed by atoms with Gasteiger partial charge in [-0.15, -0.1) is 0 Å². The van der Waals surface area contributed by atoms with E-state index in [2.05, 4.69) is 36.6 Å². The number of amides is 5. The van der Waals surface area contributed by atoms with Gasteiger partial charge in [-0.3, -0.25) is 29.0 Å². The summed E-state index contributed by atoms with van der Waals surface area (Å²) in [5, 5.41) is 24.3. The van der Waals surface area contributed by atoms with Gasteiger partial charge in [0, 0.05) is 30.1 Å². The van der Waals surface area contributed by atoms with E-state index in [0.717, 1.165) is 16.5 Å². The van der Waals surface area contributed by atoms with Gasteiger partial charge in [-0.05, 0) is 54.6 Å². The molecule has 17 nitrogen and oxygen atoms in total. The molecule has 312 valence electrons. The number of aliphatic carboxylic acids is 1. The second kappa shape index (κ2) is 22.4. The summed E-state index contributed by atoms with van der Waals surface area (Å²) in [6, 6.07) is 0.908. The average molecular weight is 785 g/mol. The van der Waals surface area contributed by atoms with E-state index in [4.69, 9.17) is 17.2 Å². The first-order valence-corrected chi connectivity index (χ1v) is 19.4. The van der Waals surface area contributed by atoms with Crippen LogP contribution in [0.4, 0.5) is 0 Å². The Kier molecular flexibility index (Phi) is 18.8. The summed E-state index contributed by atoms with van der Waals surface area (Å²) in [5.74, 6) is -5.54. The zero-order valence-corrected chi connectivity index (χ0v) is 34.0. The quantitative estimate of drug-likeness (QED) is 0.0433. The van der Waals surface area contributed by atoms with Gasteiger partial charge in [0.2, 0.25) is 29.5 Å². The smallest absolute Gasteiger partial charge is 0.326 e. The van der Waals surface area contributed by atoms with E-state index in [9.17, 15) is 33.9 Å². The number of carboxylic acid groups (broad SMARTS) is 1. The SMILES string of the molecule is CCC(C)C(NC(=O)C(N)C(C)C)C(=O)NC(Cc1c[nH]c2ccccc12)C(=O)NC(CC(C)C)C(=O)NC(C(=O)NC(CCCN=C(N)N)C(=O)O)C(C)C. The van der Waals surface area contributed by atoms with Crippen LogP contribution in [-0.2, 0) is 35.2 Å². The fraction of sp³-hybridized carbons (Fsp3) is 0.615. The lowest BCUT2D eigenvalue weighted by atomic mass is 9.95. The molecule has 0 aliphatic carbocycles. The predicted octanol–water partition coefficient (Wildman–Crippen LogP) is 1.00. The highest BCUT2D eigenvalue weighted by Crippen LogP contribution is 2.20. The number of nitrogens with one attached hydrogen (secondary N) is 6. The molecular weight excluding hydrogens is 720 g/mol. The van der Waals surface area contributed by atoms with Gasteiger partial charge in [-0.2, -0.15) is 0 Å². The van der Waals surface area contributed by atoms with Crippen LogP contribution in [-0.4, -0.2) is 94.4 Å². The molecule has 0 fully saturated rings. The van der Waals surface area contributed by atoms with Gasteiger partial charge in [-0.25, -0.2) is 4.79 Å². The van der Waals surface area contributed by atoms with E-state index < -0.39 is 77.7 Å². The Labute approximate surface area is 329 Å². The Hall–Kier alpha value is -5.19. The molecule has 1 heterocycles. The highest BCUT2D eigenvalue weighted by Gasteiger charge is 2.35. The number of carbonyl (C=O) groups excluding carboxylic acids is 5. The van der Waals surface area contributed by atoms with Gasteiger partial charge in [-0.1, -0.05) is 80.0 Å².